The van der Waals surface area contributed by atoms with Gasteiger partial charge in [-0.1, -0.05) is 30.3 Å². The summed E-state index contributed by atoms with van der Waals surface area (Å²) in [6.45, 7) is 0. The van der Waals surface area contributed by atoms with E-state index < -0.39 is 0 Å². The zero-order valence-electron chi connectivity index (χ0n) is 9.07. The Kier molecular flexibility index (Phi) is 3.05. The molecule has 0 spiro atoms. The number of hydrogen-bond donors (Lipinski definition) is 1. The summed E-state index contributed by atoms with van der Waals surface area (Å²) >= 11 is 0. The van der Waals surface area contributed by atoms with Gasteiger partial charge in [0.2, 0.25) is 0 Å². The van der Waals surface area contributed by atoms with Gasteiger partial charge in [0.15, 0.2) is 0 Å². The molecular weight excluding hydrogens is 202 g/mol. The number of carbonyl (C=O) groups excluding carboxylic acids is 1. The molecule has 0 aliphatic heterocycles. The Bertz CT molecular complexity index is 474. The minimum atomic E-state index is -0.236. The van der Waals surface area contributed by atoms with Crippen molar-refractivity contribution in [3.05, 3.63) is 48.3 Å². The second kappa shape index (κ2) is 4.66. The molecule has 2 rings (SSSR count). The first kappa shape index (κ1) is 10.5. The predicted octanol–water partition coefficient (Wildman–Crippen LogP) is 2.40. The number of aromatic nitrogens is 1. The third-order valence-electron chi connectivity index (χ3n) is 2.47. The zero-order chi connectivity index (χ0) is 11.4. The molecule has 0 unspecified atom stereocenters. The molecule has 2 aromatic rings. The van der Waals surface area contributed by atoms with E-state index in [1.165, 1.54) is 7.11 Å². The van der Waals surface area contributed by atoms with E-state index in [4.69, 9.17) is 0 Å². The van der Waals surface area contributed by atoms with Gasteiger partial charge in [-0.15, -0.1) is 0 Å². The van der Waals surface area contributed by atoms with Crippen LogP contribution in [0, 0.1) is 0 Å². The summed E-state index contributed by atoms with van der Waals surface area (Å²) in [5, 5.41) is 0. The molecule has 0 saturated carbocycles. The number of aromatic amines is 1. The number of methoxy groups -OCH3 is 1. The molecule has 0 atom stereocenters. The molecule has 82 valence electrons. The van der Waals surface area contributed by atoms with Crippen LogP contribution >= 0.6 is 0 Å². The molecule has 0 bridgehead atoms. The van der Waals surface area contributed by atoms with Crippen molar-refractivity contribution < 1.29 is 9.53 Å². The lowest BCUT2D eigenvalue weighted by molar-refractivity contribution is -0.139. The third-order valence-corrected chi connectivity index (χ3v) is 2.47. The number of nitrogens with one attached hydrogen (secondary N) is 1. The fraction of sp³-hybridized carbons (Fsp3) is 0.154. The van der Waals surface area contributed by atoms with Crippen LogP contribution in [-0.2, 0) is 16.0 Å². The normalized spacial score (nSPS) is 10.1. The molecule has 0 amide bonds. The maximum Gasteiger partial charge on any atom is 0.311 e. The average Bonchev–Trinajstić information content (AvgIpc) is 2.78. The number of rotatable bonds is 3. The van der Waals surface area contributed by atoms with E-state index >= 15 is 0 Å². The fourth-order valence-corrected chi connectivity index (χ4v) is 1.65. The smallest absolute Gasteiger partial charge is 0.311 e. The summed E-state index contributed by atoms with van der Waals surface area (Å²) in [7, 11) is 1.40. The van der Waals surface area contributed by atoms with E-state index in [-0.39, 0.29) is 12.4 Å². The Balaban J connectivity index is 2.29. The third kappa shape index (κ3) is 2.14. The topological polar surface area (TPSA) is 42.1 Å². The van der Waals surface area contributed by atoms with Gasteiger partial charge in [0.05, 0.1) is 13.5 Å². The van der Waals surface area contributed by atoms with Crippen LogP contribution in [0.25, 0.3) is 11.1 Å². The maximum absolute atomic E-state index is 11.2. The molecule has 0 fully saturated rings. The fourth-order valence-electron chi connectivity index (χ4n) is 1.65. The lowest BCUT2D eigenvalue weighted by Crippen LogP contribution is -2.05. The van der Waals surface area contributed by atoms with Gasteiger partial charge in [0.25, 0.3) is 0 Å². The Hall–Kier alpha value is -2.03. The number of ether oxygens (including phenoxy) is 1. The van der Waals surface area contributed by atoms with Gasteiger partial charge in [-0.2, -0.15) is 0 Å². The van der Waals surface area contributed by atoms with E-state index in [1.54, 1.807) is 0 Å². The van der Waals surface area contributed by atoms with Crippen molar-refractivity contribution in [2.24, 2.45) is 0 Å². The lowest BCUT2D eigenvalue weighted by Gasteiger charge is -2.03. The van der Waals surface area contributed by atoms with Crippen LogP contribution < -0.4 is 0 Å². The van der Waals surface area contributed by atoms with Crippen LogP contribution in [0.5, 0.6) is 0 Å². The van der Waals surface area contributed by atoms with Gasteiger partial charge < -0.3 is 9.72 Å². The van der Waals surface area contributed by atoms with Crippen molar-refractivity contribution in [2.45, 2.75) is 6.42 Å². The van der Waals surface area contributed by atoms with Crippen molar-refractivity contribution in [3.63, 3.8) is 0 Å². The standard InChI is InChI=1S/C13H13NO2/c1-16-13(15)9-12-11(7-8-14-12)10-5-3-2-4-6-10/h2-8,14H,9H2,1H3. The van der Waals surface area contributed by atoms with Gasteiger partial charge in [0.1, 0.15) is 0 Å². The quantitative estimate of drug-likeness (QED) is 0.799. The highest BCUT2D eigenvalue weighted by molar-refractivity contribution is 5.76. The number of H-pyrrole nitrogens is 1. The molecule has 1 heterocycles. The van der Waals surface area contributed by atoms with E-state index in [2.05, 4.69) is 9.72 Å². The van der Waals surface area contributed by atoms with Crippen molar-refractivity contribution in [1.82, 2.24) is 4.98 Å². The van der Waals surface area contributed by atoms with E-state index in [0.29, 0.717) is 0 Å². The summed E-state index contributed by atoms with van der Waals surface area (Å²) < 4.78 is 4.66. The van der Waals surface area contributed by atoms with Gasteiger partial charge >= 0.3 is 5.97 Å². The number of benzene rings is 1. The van der Waals surface area contributed by atoms with Crippen LogP contribution in [0.3, 0.4) is 0 Å². The predicted molar refractivity (Wildman–Crippen MR) is 61.9 cm³/mol. The minimum Gasteiger partial charge on any atom is -0.469 e. The average molecular weight is 215 g/mol. The number of carbonyl (C=O) groups is 1. The molecule has 0 aliphatic rings. The van der Waals surface area contributed by atoms with Gasteiger partial charge in [-0.3, -0.25) is 4.79 Å². The molecule has 1 N–H and O–H groups in total. The Morgan fingerprint density at radius 1 is 1.25 bits per heavy atom. The first-order valence-electron chi connectivity index (χ1n) is 5.09. The van der Waals surface area contributed by atoms with Crippen LogP contribution in [0.1, 0.15) is 5.69 Å². The monoisotopic (exact) mass is 215 g/mol. The van der Waals surface area contributed by atoms with Crippen molar-refractivity contribution in [2.75, 3.05) is 7.11 Å². The molecule has 3 nitrogen and oxygen atoms in total. The molecule has 3 heteroatoms. The van der Waals surface area contributed by atoms with Crippen LogP contribution in [-0.4, -0.2) is 18.1 Å². The van der Waals surface area contributed by atoms with Crippen LogP contribution in [0.2, 0.25) is 0 Å². The van der Waals surface area contributed by atoms with Gasteiger partial charge in [0, 0.05) is 17.5 Å². The Morgan fingerprint density at radius 2 is 2.00 bits per heavy atom. The summed E-state index contributed by atoms with van der Waals surface area (Å²) in [6, 6.07) is 11.9. The summed E-state index contributed by atoms with van der Waals surface area (Å²) in [5.74, 6) is -0.236. The van der Waals surface area contributed by atoms with E-state index in [0.717, 1.165) is 16.8 Å². The summed E-state index contributed by atoms with van der Waals surface area (Å²) in [5.41, 5.74) is 3.03. The Labute approximate surface area is 94.1 Å². The Morgan fingerprint density at radius 3 is 2.69 bits per heavy atom. The maximum atomic E-state index is 11.2. The van der Waals surface area contributed by atoms with Gasteiger partial charge in [-0.25, -0.2) is 0 Å². The van der Waals surface area contributed by atoms with E-state index in [1.807, 2.05) is 42.6 Å². The summed E-state index contributed by atoms with van der Waals surface area (Å²) in [6.07, 6.45) is 2.11. The largest absolute Gasteiger partial charge is 0.469 e. The first-order valence-corrected chi connectivity index (χ1v) is 5.09. The number of hydrogen-bond acceptors (Lipinski definition) is 2. The van der Waals surface area contributed by atoms with Crippen LogP contribution in [0.15, 0.2) is 42.6 Å². The van der Waals surface area contributed by atoms with Crippen molar-refractivity contribution in [3.8, 4) is 11.1 Å². The highest BCUT2D eigenvalue weighted by Crippen LogP contribution is 2.22. The molecule has 1 aromatic carbocycles. The highest BCUT2D eigenvalue weighted by Gasteiger charge is 2.10. The second-order valence-corrected chi connectivity index (χ2v) is 3.49. The van der Waals surface area contributed by atoms with Gasteiger partial charge in [-0.05, 0) is 11.6 Å². The van der Waals surface area contributed by atoms with E-state index in [9.17, 15) is 4.79 Å². The molecular formula is C13H13NO2. The molecule has 1 aromatic heterocycles. The molecule has 0 saturated heterocycles. The summed E-state index contributed by atoms with van der Waals surface area (Å²) in [4.78, 5) is 14.3. The van der Waals surface area contributed by atoms with Crippen molar-refractivity contribution in [1.29, 1.82) is 0 Å². The number of esters is 1. The highest BCUT2D eigenvalue weighted by atomic mass is 16.5. The lowest BCUT2D eigenvalue weighted by atomic mass is 10.1. The first-order chi connectivity index (χ1) is 7.81. The van der Waals surface area contributed by atoms with Crippen molar-refractivity contribution >= 4 is 5.97 Å². The second-order valence-electron chi connectivity index (χ2n) is 3.49. The molecule has 0 radical (unpaired) electrons. The van der Waals surface area contributed by atoms with Crippen LogP contribution in [0.4, 0.5) is 0 Å². The molecule has 0 aliphatic carbocycles. The molecule has 16 heavy (non-hydrogen) atoms. The minimum absolute atomic E-state index is 0.236. The zero-order valence-corrected chi connectivity index (χ0v) is 9.07. The SMILES string of the molecule is COC(=O)Cc1[nH]ccc1-c1ccccc1.